The molecule has 5 heteroatoms. The van der Waals surface area contributed by atoms with Gasteiger partial charge < -0.3 is 14.6 Å². The fourth-order valence-electron chi connectivity index (χ4n) is 3.29. The molecule has 3 rings (SSSR count). The number of aromatic amines is 1. The Kier molecular flexibility index (Phi) is 4.81. The molecule has 0 saturated carbocycles. The van der Waals surface area contributed by atoms with Crippen molar-refractivity contribution in [2.45, 2.75) is 32.4 Å². The number of nitrogens with zero attached hydrogens (tertiary/aromatic N) is 2. The number of aromatic nitrogens is 2. The number of carbonyl (C=O) groups excluding carboxylic acids is 1. The molecule has 0 radical (unpaired) electrons. The molecule has 1 amide bonds. The number of methoxy groups -OCH3 is 1. The van der Waals surface area contributed by atoms with Crippen LogP contribution in [0.1, 0.15) is 36.3 Å². The van der Waals surface area contributed by atoms with E-state index in [-0.39, 0.29) is 18.1 Å². The summed E-state index contributed by atoms with van der Waals surface area (Å²) in [6, 6.07) is 8.02. The highest BCUT2D eigenvalue weighted by Crippen LogP contribution is 2.32. The number of allylic oxidation sites excluding steroid dienone is 1. The Bertz CT molecular complexity index is 737. The van der Waals surface area contributed by atoms with Gasteiger partial charge in [-0.25, -0.2) is 4.98 Å². The van der Waals surface area contributed by atoms with Gasteiger partial charge in [0.15, 0.2) is 0 Å². The minimum Gasteiger partial charge on any atom is -0.380 e. The van der Waals surface area contributed by atoms with Gasteiger partial charge in [0, 0.05) is 38.5 Å². The monoisotopic (exact) mass is 325 g/mol. The molecule has 1 aliphatic heterocycles. The van der Waals surface area contributed by atoms with Crippen molar-refractivity contribution in [2.24, 2.45) is 0 Å². The molecule has 5 nitrogen and oxygen atoms in total. The second-order valence-corrected chi connectivity index (χ2v) is 6.22. The lowest BCUT2D eigenvalue weighted by Crippen LogP contribution is -2.31. The van der Waals surface area contributed by atoms with Crippen LogP contribution in [-0.2, 0) is 9.53 Å². The van der Waals surface area contributed by atoms with Gasteiger partial charge in [-0.1, -0.05) is 24.3 Å². The van der Waals surface area contributed by atoms with Crippen LogP contribution in [0.3, 0.4) is 0 Å². The van der Waals surface area contributed by atoms with Gasteiger partial charge in [-0.3, -0.25) is 4.79 Å². The molecule has 1 fully saturated rings. The summed E-state index contributed by atoms with van der Waals surface area (Å²) in [5.74, 6) is 0.807. The molecular weight excluding hydrogens is 302 g/mol. The van der Waals surface area contributed by atoms with Crippen molar-refractivity contribution in [3.63, 3.8) is 0 Å². The van der Waals surface area contributed by atoms with E-state index in [1.807, 2.05) is 30.0 Å². The zero-order valence-corrected chi connectivity index (χ0v) is 14.3. The summed E-state index contributed by atoms with van der Waals surface area (Å²) < 4.78 is 5.47. The molecule has 2 aromatic rings. The fraction of sp³-hybridized carbons (Fsp3) is 0.368. The van der Waals surface area contributed by atoms with Crippen LogP contribution in [0.5, 0.6) is 0 Å². The van der Waals surface area contributed by atoms with Crippen LogP contribution in [-0.4, -0.2) is 40.5 Å². The number of aryl methyl sites for hydroxylation is 1. The lowest BCUT2D eigenvalue weighted by atomic mass is 10.0. The molecule has 1 aromatic carbocycles. The number of amides is 1. The van der Waals surface area contributed by atoms with E-state index < -0.39 is 0 Å². The van der Waals surface area contributed by atoms with Crippen LogP contribution in [0.2, 0.25) is 0 Å². The molecule has 0 spiro atoms. The molecule has 1 unspecified atom stereocenters. The SMILES string of the molecule is CO[C@@H]1CC(c2ncc[nH]2)N(C(=O)/C=C(\C)c2ccccc2C)C1. The average Bonchev–Trinajstić information content (AvgIpc) is 3.24. The molecule has 0 aliphatic carbocycles. The Labute approximate surface area is 142 Å². The molecule has 2 heterocycles. The number of benzene rings is 1. The first-order valence-electron chi connectivity index (χ1n) is 8.17. The van der Waals surface area contributed by atoms with E-state index in [2.05, 4.69) is 23.0 Å². The van der Waals surface area contributed by atoms with E-state index in [9.17, 15) is 4.79 Å². The molecule has 1 aliphatic rings. The predicted molar refractivity (Wildman–Crippen MR) is 93.3 cm³/mol. The van der Waals surface area contributed by atoms with Gasteiger partial charge in [-0.05, 0) is 30.5 Å². The topological polar surface area (TPSA) is 58.2 Å². The second-order valence-electron chi connectivity index (χ2n) is 6.22. The van der Waals surface area contributed by atoms with Gasteiger partial charge in [-0.15, -0.1) is 0 Å². The molecule has 1 aromatic heterocycles. The van der Waals surface area contributed by atoms with Crippen LogP contribution in [0.4, 0.5) is 0 Å². The van der Waals surface area contributed by atoms with Gasteiger partial charge in [0.05, 0.1) is 12.1 Å². The Morgan fingerprint density at radius 1 is 1.42 bits per heavy atom. The van der Waals surface area contributed by atoms with Crippen LogP contribution in [0.25, 0.3) is 5.57 Å². The number of imidazole rings is 1. The summed E-state index contributed by atoms with van der Waals surface area (Å²) in [4.78, 5) is 22.1. The molecule has 24 heavy (non-hydrogen) atoms. The smallest absolute Gasteiger partial charge is 0.247 e. The molecule has 1 saturated heterocycles. The highest BCUT2D eigenvalue weighted by Gasteiger charge is 2.37. The van der Waals surface area contributed by atoms with Crippen molar-refractivity contribution in [1.29, 1.82) is 0 Å². The lowest BCUT2D eigenvalue weighted by molar-refractivity contribution is -0.127. The van der Waals surface area contributed by atoms with Gasteiger partial charge in [-0.2, -0.15) is 0 Å². The maximum atomic E-state index is 12.9. The summed E-state index contributed by atoms with van der Waals surface area (Å²) in [6.07, 6.45) is 6.01. The average molecular weight is 325 g/mol. The van der Waals surface area contributed by atoms with E-state index in [1.54, 1.807) is 25.6 Å². The first-order chi connectivity index (χ1) is 11.6. The molecule has 126 valence electrons. The van der Waals surface area contributed by atoms with E-state index >= 15 is 0 Å². The van der Waals surface area contributed by atoms with Gasteiger partial charge in [0.25, 0.3) is 0 Å². The standard InChI is InChI=1S/C19H23N3O2/c1-13-6-4-5-7-16(13)14(2)10-18(23)22-12-15(24-3)11-17(22)19-20-8-9-21-19/h4-10,15,17H,11-12H2,1-3H3,(H,20,21)/b14-10+/t15-,17?/m1/s1. The first kappa shape index (κ1) is 16.5. The maximum absolute atomic E-state index is 12.9. The number of ether oxygens (including phenoxy) is 1. The molecular formula is C19H23N3O2. The van der Waals surface area contributed by atoms with E-state index in [0.717, 1.165) is 28.9 Å². The third-order valence-corrected chi connectivity index (χ3v) is 4.62. The van der Waals surface area contributed by atoms with E-state index in [4.69, 9.17) is 4.74 Å². The van der Waals surface area contributed by atoms with Gasteiger partial charge in [0.2, 0.25) is 5.91 Å². The van der Waals surface area contributed by atoms with Crippen molar-refractivity contribution in [1.82, 2.24) is 14.9 Å². The summed E-state index contributed by atoms with van der Waals surface area (Å²) in [7, 11) is 1.69. The van der Waals surface area contributed by atoms with Crippen molar-refractivity contribution in [3.05, 3.63) is 59.7 Å². The van der Waals surface area contributed by atoms with Gasteiger partial charge in [0.1, 0.15) is 5.82 Å². The highest BCUT2D eigenvalue weighted by molar-refractivity contribution is 5.95. The third-order valence-electron chi connectivity index (χ3n) is 4.62. The minimum absolute atomic E-state index is 0.00305. The zero-order chi connectivity index (χ0) is 17.1. The van der Waals surface area contributed by atoms with Crippen LogP contribution >= 0.6 is 0 Å². The summed E-state index contributed by atoms with van der Waals surface area (Å²) in [5.41, 5.74) is 3.23. The Morgan fingerprint density at radius 3 is 2.88 bits per heavy atom. The van der Waals surface area contributed by atoms with Crippen molar-refractivity contribution < 1.29 is 9.53 Å². The molecule has 1 N–H and O–H groups in total. The van der Waals surface area contributed by atoms with Crippen LogP contribution < -0.4 is 0 Å². The molecule has 0 bridgehead atoms. The van der Waals surface area contributed by atoms with Crippen LogP contribution in [0.15, 0.2) is 42.7 Å². The predicted octanol–water partition coefficient (Wildman–Crippen LogP) is 3.11. The molecule has 2 atom stereocenters. The Hall–Kier alpha value is -2.40. The largest absolute Gasteiger partial charge is 0.380 e. The van der Waals surface area contributed by atoms with Gasteiger partial charge >= 0.3 is 0 Å². The number of rotatable bonds is 4. The zero-order valence-electron chi connectivity index (χ0n) is 14.3. The third kappa shape index (κ3) is 3.26. The Balaban J connectivity index is 1.85. The lowest BCUT2D eigenvalue weighted by Gasteiger charge is -2.22. The summed E-state index contributed by atoms with van der Waals surface area (Å²) in [6.45, 7) is 4.61. The number of H-pyrrole nitrogens is 1. The quantitative estimate of drug-likeness (QED) is 0.879. The number of likely N-dealkylation sites (tertiary alicyclic amines) is 1. The summed E-state index contributed by atoms with van der Waals surface area (Å²) in [5, 5.41) is 0. The van der Waals surface area contributed by atoms with Crippen molar-refractivity contribution in [2.75, 3.05) is 13.7 Å². The number of hydrogen-bond acceptors (Lipinski definition) is 3. The maximum Gasteiger partial charge on any atom is 0.247 e. The van der Waals surface area contributed by atoms with Crippen molar-refractivity contribution >= 4 is 11.5 Å². The second kappa shape index (κ2) is 7.01. The number of nitrogens with one attached hydrogen (secondary N) is 1. The minimum atomic E-state index is -0.0710. The van der Waals surface area contributed by atoms with E-state index in [0.29, 0.717) is 6.54 Å². The highest BCUT2D eigenvalue weighted by atomic mass is 16.5. The fourth-order valence-corrected chi connectivity index (χ4v) is 3.29. The van der Waals surface area contributed by atoms with E-state index in [1.165, 1.54) is 0 Å². The number of hydrogen-bond donors (Lipinski definition) is 1. The Morgan fingerprint density at radius 2 is 2.21 bits per heavy atom. The van der Waals surface area contributed by atoms with Crippen LogP contribution in [0, 0.1) is 6.92 Å². The normalized spacial score (nSPS) is 21.3. The summed E-state index contributed by atoms with van der Waals surface area (Å²) >= 11 is 0. The number of carbonyl (C=O) groups is 1. The van der Waals surface area contributed by atoms with Crippen molar-refractivity contribution in [3.8, 4) is 0 Å². The first-order valence-corrected chi connectivity index (χ1v) is 8.17.